The largest absolute Gasteiger partial charge is 0.393 e. The Morgan fingerprint density at radius 1 is 1.27 bits per heavy atom. The highest BCUT2D eigenvalue weighted by Crippen LogP contribution is 2.40. The number of piperidine rings is 1. The lowest BCUT2D eigenvalue weighted by Gasteiger charge is -2.33. The van der Waals surface area contributed by atoms with E-state index in [1.807, 2.05) is 0 Å². The maximum Gasteiger partial charge on any atom is 0.225 e. The van der Waals surface area contributed by atoms with Gasteiger partial charge in [0.15, 0.2) is 5.82 Å². The average molecular weight is 387 g/mol. The quantitative estimate of drug-likeness (QED) is 0.763. The summed E-state index contributed by atoms with van der Waals surface area (Å²) in [6, 6.07) is 3.47. The van der Waals surface area contributed by atoms with Crippen LogP contribution in [0.4, 0.5) is 10.2 Å². The zero-order valence-corrected chi connectivity index (χ0v) is 14.0. The van der Waals surface area contributed by atoms with Crippen LogP contribution in [0.3, 0.4) is 0 Å². The lowest BCUT2D eigenvalue weighted by molar-refractivity contribution is 0.137. The molecular weight excluding hydrogens is 373 g/mol. The Hall–Kier alpha value is -0.980. The third-order valence-corrected chi connectivity index (χ3v) is 5.48. The molecule has 3 unspecified atom stereocenters. The minimum atomic E-state index is -0.428. The predicted molar refractivity (Wildman–Crippen MR) is 86.6 cm³/mol. The van der Waals surface area contributed by atoms with Gasteiger partial charge in [-0.05, 0) is 58.4 Å². The molecule has 4 rings (SSSR count). The minimum absolute atomic E-state index is 0.0398. The maximum absolute atomic E-state index is 14.3. The summed E-state index contributed by atoms with van der Waals surface area (Å²) in [7, 11) is 0. The van der Waals surface area contributed by atoms with Crippen molar-refractivity contribution in [2.45, 2.75) is 18.9 Å². The summed E-state index contributed by atoms with van der Waals surface area (Å²) < 4.78 is 14.7. The van der Waals surface area contributed by atoms with Gasteiger partial charge in [-0.1, -0.05) is 0 Å². The molecule has 3 atom stereocenters. The third-order valence-electron chi connectivity index (χ3n) is 4.70. The summed E-state index contributed by atoms with van der Waals surface area (Å²) in [6.45, 7) is 1.53. The number of hydrogen-bond donors (Lipinski definition) is 1. The number of rotatable bonds is 1. The van der Waals surface area contributed by atoms with Gasteiger partial charge in [0.05, 0.1) is 10.6 Å². The first-order valence-corrected chi connectivity index (χ1v) is 8.44. The van der Waals surface area contributed by atoms with Crippen LogP contribution in [0.2, 0.25) is 5.28 Å². The molecule has 2 bridgehead atoms. The van der Waals surface area contributed by atoms with Crippen molar-refractivity contribution in [1.29, 1.82) is 0 Å². The molecule has 1 saturated carbocycles. The minimum Gasteiger partial charge on any atom is -0.393 e. The number of anilines is 1. The van der Waals surface area contributed by atoms with E-state index in [-0.39, 0.29) is 22.8 Å². The smallest absolute Gasteiger partial charge is 0.225 e. The molecule has 0 spiro atoms. The number of halogens is 3. The summed E-state index contributed by atoms with van der Waals surface area (Å²) in [6.07, 6.45) is 1.64. The molecule has 2 aromatic rings. The van der Waals surface area contributed by atoms with Crippen molar-refractivity contribution in [3.8, 4) is 0 Å². The number of aliphatic hydroxyl groups is 1. The monoisotopic (exact) mass is 385 g/mol. The van der Waals surface area contributed by atoms with E-state index < -0.39 is 5.82 Å². The topological polar surface area (TPSA) is 49.2 Å². The SMILES string of the molecule is OC1CC2CC1CN(c1nc(Cl)nc3c(F)c(Br)ccc13)C2. The van der Waals surface area contributed by atoms with E-state index in [0.29, 0.717) is 21.6 Å². The third kappa shape index (κ3) is 2.28. The van der Waals surface area contributed by atoms with E-state index >= 15 is 0 Å². The standard InChI is InChI=1S/C15H14BrClFN3O/c16-10-2-1-9-13(12(10)18)19-15(17)20-14(9)21-5-7-3-8(6-21)11(22)4-7/h1-2,7-8,11,22H,3-6H2. The molecule has 22 heavy (non-hydrogen) atoms. The van der Waals surface area contributed by atoms with Gasteiger partial charge in [0, 0.05) is 24.4 Å². The molecule has 116 valence electrons. The maximum atomic E-state index is 14.3. The van der Waals surface area contributed by atoms with Crippen LogP contribution in [-0.2, 0) is 0 Å². The molecule has 4 nitrogen and oxygen atoms in total. The second-order valence-corrected chi connectivity index (χ2v) is 7.34. The molecule has 1 aliphatic carbocycles. The van der Waals surface area contributed by atoms with Crippen molar-refractivity contribution in [3.05, 3.63) is 27.7 Å². The van der Waals surface area contributed by atoms with Crippen LogP contribution in [-0.4, -0.2) is 34.3 Å². The van der Waals surface area contributed by atoms with Gasteiger partial charge in [-0.25, -0.2) is 9.37 Å². The zero-order chi connectivity index (χ0) is 15.4. The van der Waals surface area contributed by atoms with Gasteiger partial charge in [0.1, 0.15) is 11.3 Å². The number of benzene rings is 1. The highest BCUT2D eigenvalue weighted by Gasteiger charge is 2.40. The van der Waals surface area contributed by atoms with Crippen molar-refractivity contribution >= 4 is 44.3 Å². The second-order valence-electron chi connectivity index (χ2n) is 6.14. The number of fused-ring (bicyclic) bond motifs is 3. The summed E-state index contributed by atoms with van der Waals surface area (Å²) in [5.41, 5.74) is 0.225. The van der Waals surface area contributed by atoms with E-state index in [0.717, 1.165) is 25.9 Å². The number of aliphatic hydroxyl groups excluding tert-OH is 1. The summed E-state index contributed by atoms with van der Waals surface area (Å²) >= 11 is 9.18. The van der Waals surface area contributed by atoms with Gasteiger partial charge < -0.3 is 10.0 Å². The van der Waals surface area contributed by atoms with Crippen LogP contribution < -0.4 is 4.90 Å². The number of hydrogen-bond acceptors (Lipinski definition) is 4. The lowest BCUT2D eigenvalue weighted by Crippen LogP contribution is -2.38. The van der Waals surface area contributed by atoms with Gasteiger partial charge >= 0.3 is 0 Å². The van der Waals surface area contributed by atoms with Crippen LogP contribution in [0, 0.1) is 17.7 Å². The number of nitrogens with zero attached hydrogens (tertiary/aromatic N) is 3. The van der Waals surface area contributed by atoms with Crippen LogP contribution in [0.15, 0.2) is 16.6 Å². The van der Waals surface area contributed by atoms with E-state index in [1.165, 1.54) is 0 Å². The van der Waals surface area contributed by atoms with Gasteiger partial charge in [0.25, 0.3) is 0 Å². The Balaban J connectivity index is 1.83. The Morgan fingerprint density at radius 3 is 2.86 bits per heavy atom. The van der Waals surface area contributed by atoms with Gasteiger partial charge in [-0.3, -0.25) is 0 Å². The van der Waals surface area contributed by atoms with Gasteiger partial charge in [-0.15, -0.1) is 0 Å². The van der Waals surface area contributed by atoms with E-state index in [2.05, 4.69) is 30.8 Å². The highest BCUT2D eigenvalue weighted by molar-refractivity contribution is 9.10. The average Bonchev–Trinajstić information content (AvgIpc) is 2.75. The van der Waals surface area contributed by atoms with Crippen LogP contribution in [0.5, 0.6) is 0 Å². The fourth-order valence-corrected chi connectivity index (χ4v) is 4.22. The molecule has 2 heterocycles. The molecule has 2 aliphatic rings. The molecule has 0 radical (unpaired) electrons. The molecule has 1 aliphatic heterocycles. The molecule has 1 N–H and O–H groups in total. The van der Waals surface area contributed by atoms with Gasteiger partial charge in [-0.2, -0.15) is 4.98 Å². The molecule has 7 heteroatoms. The second kappa shape index (κ2) is 5.28. The molecular formula is C15H14BrClFN3O. The summed E-state index contributed by atoms with van der Waals surface area (Å²) in [5.74, 6) is 0.939. The van der Waals surface area contributed by atoms with Crippen molar-refractivity contribution in [1.82, 2.24) is 9.97 Å². The fraction of sp³-hybridized carbons (Fsp3) is 0.467. The Kier molecular flexibility index (Phi) is 3.51. The molecule has 1 saturated heterocycles. The number of aromatic nitrogens is 2. The van der Waals surface area contributed by atoms with Crippen molar-refractivity contribution < 1.29 is 9.50 Å². The van der Waals surface area contributed by atoms with Crippen LogP contribution in [0.1, 0.15) is 12.8 Å². The first-order chi connectivity index (χ1) is 10.5. The summed E-state index contributed by atoms with van der Waals surface area (Å²) in [5, 5.41) is 10.8. The highest BCUT2D eigenvalue weighted by atomic mass is 79.9. The molecule has 1 aromatic heterocycles. The lowest BCUT2D eigenvalue weighted by atomic mass is 9.98. The molecule has 1 aromatic carbocycles. The zero-order valence-electron chi connectivity index (χ0n) is 11.6. The predicted octanol–water partition coefficient (Wildman–Crippen LogP) is 3.39. The van der Waals surface area contributed by atoms with Gasteiger partial charge in [0.2, 0.25) is 5.28 Å². The Bertz CT molecular complexity index is 757. The van der Waals surface area contributed by atoms with Crippen molar-refractivity contribution in [3.63, 3.8) is 0 Å². The molecule has 2 fully saturated rings. The Labute approximate surface area is 140 Å². The van der Waals surface area contributed by atoms with E-state index in [1.54, 1.807) is 12.1 Å². The van der Waals surface area contributed by atoms with Crippen molar-refractivity contribution in [2.75, 3.05) is 18.0 Å². The van der Waals surface area contributed by atoms with E-state index in [4.69, 9.17) is 11.6 Å². The van der Waals surface area contributed by atoms with Crippen molar-refractivity contribution in [2.24, 2.45) is 11.8 Å². The summed E-state index contributed by atoms with van der Waals surface area (Å²) in [4.78, 5) is 10.5. The normalized spacial score (nSPS) is 27.6. The van der Waals surface area contributed by atoms with Crippen LogP contribution >= 0.6 is 27.5 Å². The Morgan fingerprint density at radius 2 is 2.09 bits per heavy atom. The van der Waals surface area contributed by atoms with Crippen LogP contribution in [0.25, 0.3) is 10.9 Å². The van der Waals surface area contributed by atoms with E-state index in [9.17, 15) is 9.50 Å². The first kappa shape index (κ1) is 14.6. The fourth-order valence-electron chi connectivity index (χ4n) is 3.74. The first-order valence-electron chi connectivity index (χ1n) is 7.27. The molecule has 0 amide bonds.